The topological polar surface area (TPSA) is 12.0 Å². The van der Waals surface area contributed by atoms with Crippen molar-refractivity contribution in [3.8, 4) is 11.8 Å². The predicted molar refractivity (Wildman–Crippen MR) is 50.4 cm³/mol. The van der Waals surface area contributed by atoms with Gasteiger partial charge in [0.2, 0.25) is 0 Å². The molecule has 0 heterocycles. The summed E-state index contributed by atoms with van der Waals surface area (Å²) in [6, 6.07) is 0. The average molecular weight is 151 g/mol. The molecule has 0 aliphatic carbocycles. The molecule has 0 radical (unpaired) electrons. The van der Waals surface area contributed by atoms with Crippen molar-refractivity contribution < 1.29 is 0 Å². The molecule has 0 unspecified atom stereocenters. The van der Waals surface area contributed by atoms with Gasteiger partial charge in [0.25, 0.3) is 0 Å². The van der Waals surface area contributed by atoms with Crippen LogP contribution in [0.3, 0.4) is 0 Å². The van der Waals surface area contributed by atoms with E-state index in [1.807, 2.05) is 6.92 Å². The lowest BCUT2D eigenvalue weighted by molar-refractivity contribution is 0.763. The van der Waals surface area contributed by atoms with Gasteiger partial charge in [0.15, 0.2) is 0 Å². The maximum Gasteiger partial charge on any atom is 0.0576 e. The Bertz CT molecular complexity index is 165. The zero-order valence-electron chi connectivity index (χ0n) is 7.70. The molecule has 0 atom stereocenters. The minimum absolute atomic E-state index is 0.813. The van der Waals surface area contributed by atoms with E-state index >= 15 is 0 Å². The summed E-state index contributed by atoms with van der Waals surface area (Å²) in [6.07, 6.45) is 3.33. The molecule has 0 saturated heterocycles. The largest absolute Gasteiger partial charge is 0.306 e. The second-order valence-corrected chi connectivity index (χ2v) is 2.67. The molecule has 0 spiro atoms. The van der Waals surface area contributed by atoms with Gasteiger partial charge in [0.1, 0.15) is 0 Å². The van der Waals surface area contributed by atoms with Gasteiger partial charge in [0, 0.05) is 0 Å². The fraction of sp³-hybridized carbons (Fsp3) is 0.600. The molecule has 0 rings (SSSR count). The Morgan fingerprint density at radius 2 is 2.18 bits per heavy atom. The highest BCUT2D eigenvalue weighted by atomic mass is 14.8. The molecule has 0 aliphatic heterocycles. The summed E-state index contributed by atoms with van der Waals surface area (Å²) in [5, 5.41) is 3.22. The average Bonchev–Trinajstić information content (AvgIpc) is 1.96. The third kappa shape index (κ3) is 9.26. The minimum Gasteiger partial charge on any atom is -0.306 e. The van der Waals surface area contributed by atoms with Crippen molar-refractivity contribution in [1.82, 2.24) is 5.32 Å². The van der Waals surface area contributed by atoms with Crippen LogP contribution < -0.4 is 5.32 Å². The van der Waals surface area contributed by atoms with E-state index in [2.05, 4.69) is 37.1 Å². The Hall–Kier alpha value is -0.740. The van der Waals surface area contributed by atoms with Crippen LogP contribution in [0.1, 0.15) is 27.2 Å². The van der Waals surface area contributed by atoms with E-state index in [4.69, 9.17) is 0 Å². The quantitative estimate of drug-likeness (QED) is 0.368. The van der Waals surface area contributed by atoms with Crippen LogP contribution in [0.25, 0.3) is 0 Å². The van der Waals surface area contributed by atoms with Gasteiger partial charge >= 0.3 is 0 Å². The number of nitrogens with one attached hydrogen (secondary N) is 1. The molecule has 0 bridgehead atoms. The SMILES string of the molecule is CC#CCNCCC=C(C)C. The van der Waals surface area contributed by atoms with E-state index in [9.17, 15) is 0 Å². The number of allylic oxidation sites excluding steroid dienone is 1. The van der Waals surface area contributed by atoms with E-state index in [0.717, 1.165) is 19.5 Å². The normalized spacial score (nSPS) is 8.27. The molecule has 62 valence electrons. The molecule has 0 amide bonds. The minimum atomic E-state index is 0.813. The second-order valence-electron chi connectivity index (χ2n) is 2.67. The van der Waals surface area contributed by atoms with Gasteiger partial charge in [0.05, 0.1) is 6.54 Å². The van der Waals surface area contributed by atoms with E-state index in [1.165, 1.54) is 5.57 Å². The summed E-state index contributed by atoms with van der Waals surface area (Å²) in [5.41, 5.74) is 1.38. The molecular weight excluding hydrogens is 134 g/mol. The zero-order chi connectivity index (χ0) is 8.53. The van der Waals surface area contributed by atoms with Crippen LogP contribution in [0, 0.1) is 11.8 Å². The molecule has 11 heavy (non-hydrogen) atoms. The third-order valence-corrected chi connectivity index (χ3v) is 1.26. The monoisotopic (exact) mass is 151 g/mol. The van der Waals surface area contributed by atoms with E-state index in [0.29, 0.717) is 0 Å². The highest BCUT2D eigenvalue weighted by molar-refractivity contribution is 4.97. The Morgan fingerprint density at radius 1 is 1.45 bits per heavy atom. The van der Waals surface area contributed by atoms with Crippen molar-refractivity contribution in [1.29, 1.82) is 0 Å². The predicted octanol–water partition coefficient (Wildman–Crippen LogP) is 1.96. The first-order valence-corrected chi connectivity index (χ1v) is 4.01. The van der Waals surface area contributed by atoms with Gasteiger partial charge in [-0.2, -0.15) is 0 Å². The van der Waals surface area contributed by atoms with Gasteiger partial charge in [-0.05, 0) is 33.7 Å². The third-order valence-electron chi connectivity index (χ3n) is 1.26. The van der Waals surface area contributed by atoms with Crippen LogP contribution in [-0.2, 0) is 0 Å². The molecule has 0 aromatic rings. The van der Waals surface area contributed by atoms with Gasteiger partial charge in [-0.15, -0.1) is 5.92 Å². The first-order chi connectivity index (χ1) is 5.27. The Morgan fingerprint density at radius 3 is 2.73 bits per heavy atom. The maximum absolute atomic E-state index is 3.22. The van der Waals surface area contributed by atoms with Gasteiger partial charge in [-0.3, -0.25) is 0 Å². The fourth-order valence-corrected chi connectivity index (χ4v) is 0.702. The molecule has 0 saturated carbocycles. The van der Waals surface area contributed by atoms with E-state index < -0.39 is 0 Å². The van der Waals surface area contributed by atoms with Gasteiger partial charge in [-0.25, -0.2) is 0 Å². The van der Waals surface area contributed by atoms with Crippen LogP contribution in [0.4, 0.5) is 0 Å². The molecule has 0 fully saturated rings. The van der Waals surface area contributed by atoms with Gasteiger partial charge in [-0.1, -0.05) is 17.6 Å². The molecular formula is C10H17N. The van der Waals surface area contributed by atoms with Crippen molar-refractivity contribution in [2.75, 3.05) is 13.1 Å². The first-order valence-electron chi connectivity index (χ1n) is 4.01. The molecule has 0 aliphatic rings. The van der Waals surface area contributed by atoms with Gasteiger partial charge < -0.3 is 5.32 Å². The highest BCUT2D eigenvalue weighted by Crippen LogP contribution is 1.90. The Balaban J connectivity index is 3.13. The molecule has 1 N–H and O–H groups in total. The fourth-order valence-electron chi connectivity index (χ4n) is 0.702. The molecule has 1 nitrogen and oxygen atoms in total. The summed E-state index contributed by atoms with van der Waals surface area (Å²) in [4.78, 5) is 0. The van der Waals surface area contributed by atoms with E-state index in [1.54, 1.807) is 0 Å². The lowest BCUT2D eigenvalue weighted by Gasteiger charge is -1.95. The summed E-state index contributed by atoms with van der Waals surface area (Å²) in [7, 11) is 0. The van der Waals surface area contributed by atoms with Crippen LogP contribution in [0.15, 0.2) is 11.6 Å². The highest BCUT2D eigenvalue weighted by Gasteiger charge is 1.80. The maximum atomic E-state index is 3.22. The number of hydrogen-bond donors (Lipinski definition) is 1. The van der Waals surface area contributed by atoms with Crippen molar-refractivity contribution >= 4 is 0 Å². The van der Waals surface area contributed by atoms with Crippen LogP contribution >= 0.6 is 0 Å². The molecule has 0 aromatic heterocycles. The van der Waals surface area contributed by atoms with Crippen LogP contribution in [0.2, 0.25) is 0 Å². The summed E-state index contributed by atoms with van der Waals surface area (Å²) >= 11 is 0. The number of rotatable bonds is 4. The van der Waals surface area contributed by atoms with Crippen molar-refractivity contribution in [3.63, 3.8) is 0 Å². The standard InChI is InChI=1S/C10H17N/c1-4-5-8-11-9-6-7-10(2)3/h7,11H,6,8-9H2,1-3H3. The van der Waals surface area contributed by atoms with Crippen LogP contribution in [0.5, 0.6) is 0 Å². The Kier molecular flexibility index (Phi) is 6.87. The lowest BCUT2D eigenvalue weighted by atomic mass is 10.3. The zero-order valence-corrected chi connectivity index (χ0v) is 7.70. The lowest BCUT2D eigenvalue weighted by Crippen LogP contribution is -2.14. The van der Waals surface area contributed by atoms with Crippen molar-refractivity contribution in [3.05, 3.63) is 11.6 Å². The summed E-state index contributed by atoms with van der Waals surface area (Å²) < 4.78 is 0. The summed E-state index contributed by atoms with van der Waals surface area (Å²) in [5.74, 6) is 5.79. The molecule has 0 aromatic carbocycles. The van der Waals surface area contributed by atoms with Crippen molar-refractivity contribution in [2.45, 2.75) is 27.2 Å². The molecule has 1 heteroatoms. The number of hydrogen-bond acceptors (Lipinski definition) is 1. The van der Waals surface area contributed by atoms with Crippen molar-refractivity contribution in [2.24, 2.45) is 0 Å². The first kappa shape index (κ1) is 10.3. The summed E-state index contributed by atoms with van der Waals surface area (Å²) in [6.45, 7) is 7.93. The van der Waals surface area contributed by atoms with E-state index in [-0.39, 0.29) is 0 Å². The second kappa shape index (κ2) is 7.37. The smallest absolute Gasteiger partial charge is 0.0576 e. The van der Waals surface area contributed by atoms with Crippen LogP contribution in [-0.4, -0.2) is 13.1 Å². The Labute approximate surface area is 69.9 Å².